The summed E-state index contributed by atoms with van der Waals surface area (Å²) in [5, 5.41) is 5.91. The number of amides is 2. The lowest BCUT2D eigenvalue weighted by Crippen LogP contribution is -2.42. The van der Waals surface area contributed by atoms with Crippen LogP contribution in [0, 0.1) is 0 Å². The van der Waals surface area contributed by atoms with Crippen molar-refractivity contribution in [2.45, 2.75) is 38.8 Å². The first kappa shape index (κ1) is 17.7. The average molecular weight is 324 g/mol. The minimum Gasteiger partial charge on any atom is -0.351 e. The molecule has 24 heavy (non-hydrogen) atoms. The Labute approximate surface area is 143 Å². The average Bonchev–Trinajstić information content (AvgIpc) is 2.54. The van der Waals surface area contributed by atoms with Crippen LogP contribution in [0.3, 0.4) is 0 Å². The summed E-state index contributed by atoms with van der Waals surface area (Å²) in [5.74, 6) is -0.280. The van der Waals surface area contributed by atoms with Crippen molar-refractivity contribution in [2.24, 2.45) is 0 Å². The van der Waals surface area contributed by atoms with Gasteiger partial charge in [0, 0.05) is 11.1 Å². The van der Waals surface area contributed by atoms with Crippen LogP contribution in [-0.4, -0.2) is 17.4 Å². The number of nitrogens with one attached hydrogen (secondary N) is 2. The van der Waals surface area contributed by atoms with Crippen molar-refractivity contribution < 1.29 is 9.59 Å². The van der Waals surface area contributed by atoms with Gasteiger partial charge in [-0.1, -0.05) is 48.5 Å². The molecule has 0 fully saturated rings. The molecule has 0 bridgehead atoms. The van der Waals surface area contributed by atoms with E-state index in [1.807, 2.05) is 69.3 Å². The Morgan fingerprint density at radius 2 is 1.46 bits per heavy atom. The van der Waals surface area contributed by atoms with Gasteiger partial charge in [0.2, 0.25) is 5.91 Å². The Bertz CT molecular complexity index is 676. The summed E-state index contributed by atoms with van der Waals surface area (Å²) in [7, 11) is 0. The van der Waals surface area contributed by atoms with E-state index in [0.29, 0.717) is 5.56 Å². The van der Waals surface area contributed by atoms with E-state index in [1.165, 1.54) is 0 Å². The summed E-state index contributed by atoms with van der Waals surface area (Å²) in [6, 6.07) is 18.2. The molecule has 4 nitrogen and oxygen atoms in total. The van der Waals surface area contributed by atoms with E-state index in [1.54, 1.807) is 12.1 Å². The molecule has 0 aliphatic heterocycles. The summed E-state index contributed by atoms with van der Waals surface area (Å²) < 4.78 is 0. The second-order valence-corrected chi connectivity index (χ2v) is 6.81. The number of carbonyl (C=O) groups is 2. The van der Waals surface area contributed by atoms with E-state index in [-0.39, 0.29) is 29.8 Å². The Morgan fingerprint density at radius 3 is 2.00 bits per heavy atom. The molecule has 0 spiro atoms. The number of hydrogen-bond acceptors (Lipinski definition) is 2. The fourth-order valence-corrected chi connectivity index (χ4v) is 2.42. The topological polar surface area (TPSA) is 58.2 Å². The molecule has 0 saturated carbocycles. The minimum atomic E-state index is -0.374. The Morgan fingerprint density at radius 1 is 0.917 bits per heavy atom. The van der Waals surface area contributed by atoms with E-state index in [2.05, 4.69) is 10.6 Å². The van der Waals surface area contributed by atoms with Gasteiger partial charge in [-0.2, -0.15) is 0 Å². The van der Waals surface area contributed by atoms with E-state index in [0.717, 1.165) is 5.56 Å². The zero-order valence-corrected chi connectivity index (χ0v) is 14.4. The standard InChI is InChI=1S/C20H24N2O2/c1-20(2,3)22-18(23)14-17(15-10-6-4-7-11-15)21-19(24)16-12-8-5-9-13-16/h4-13,17H,14H2,1-3H3,(H,21,24)(H,22,23)/t17-/m1/s1. The maximum Gasteiger partial charge on any atom is 0.251 e. The SMILES string of the molecule is CC(C)(C)NC(=O)C[C@@H](NC(=O)c1ccccc1)c1ccccc1. The zero-order valence-electron chi connectivity index (χ0n) is 14.4. The van der Waals surface area contributed by atoms with Gasteiger partial charge in [-0.25, -0.2) is 0 Å². The lowest BCUT2D eigenvalue weighted by Gasteiger charge is -2.24. The van der Waals surface area contributed by atoms with Crippen LogP contribution in [0.4, 0.5) is 0 Å². The van der Waals surface area contributed by atoms with Crippen LogP contribution in [0.25, 0.3) is 0 Å². The van der Waals surface area contributed by atoms with Crippen molar-refractivity contribution in [2.75, 3.05) is 0 Å². The van der Waals surface area contributed by atoms with E-state index in [4.69, 9.17) is 0 Å². The molecule has 2 aromatic rings. The fraction of sp³-hybridized carbons (Fsp3) is 0.300. The fourth-order valence-electron chi connectivity index (χ4n) is 2.42. The first-order valence-electron chi connectivity index (χ1n) is 8.07. The molecule has 2 amide bonds. The second-order valence-electron chi connectivity index (χ2n) is 6.81. The number of carbonyl (C=O) groups excluding carboxylic acids is 2. The van der Waals surface area contributed by atoms with Crippen LogP contribution in [0.15, 0.2) is 60.7 Å². The smallest absolute Gasteiger partial charge is 0.251 e. The summed E-state index contributed by atoms with van der Waals surface area (Å²) in [6.45, 7) is 5.81. The monoisotopic (exact) mass is 324 g/mol. The molecule has 0 unspecified atom stereocenters. The highest BCUT2D eigenvalue weighted by molar-refractivity contribution is 5.94. The van der Waals surface area contributed by atoms with Gasteiger partial charge in [-0.15, -0.1) is 0 Å². The highest BCUT2D eigenvalue weighted by Gasteiger charge is 2.21. The highest BCUT2D eigenvalue weighted by Crippen LogP contribution is 2.18. The van der Waals surface area contributed by atoms with Gasteiger partial charge in [0.15, 0.2) is 0 Å². The molecule has 0 saturated heterocycles. The Kier molecular flexibility index (Phi) is 5.74. The number of benzene rings is 2. The van der Waals surface area contributed by atoms with Crippen molar-refractivity contribution in [3.8, 4) is 0 Å². The number of hydrogen-bond donors (Lipinski definition) is 2. The van der Waals surface area contributed by atoms with Gasteiger partial charge in [-0.05, 0) is 38.5 Å². The normalized spacial score (nSPS) is 12.3. The maximum absolute atomic E-state index is 12.5. The summed E-state index contributed by atoms with van der Waals surface area (Å²) in [5.41, 5.74) is 1.18. The van der Waals surface area contributed by atoms with E-state index < -0.39 is 0 Å². The molecule has 0 aliphatic carbocycles. The van der Waals surface area contributed by atoms with Gasteiger partial charge in [0.1, 0.15) is 0 Å². The molecule has 0 heterocycles. The molecular formula is C20H24N2O2. The molecule has 0 aliphatic rings. The van der Waals surface area contributed by atoms with Crippen LogP contribution in [0.2, 0.25) is 0 Å². The van der Waals surface area contributed by atoms with Crippen molar-refractivity contribution in [3.05, 3.63) is 71.8 Å². The maximum atomic E-state index is 12.5. The largest absolute Gasteiger partial charge is 0.351 e. The summed E-state index contributed by atoms with van der Waals surface area (Å²) in [4.78, 5) is 24.8. The molecule has 2 rings (SSSR count). The highest BCUT2D eigenvalue weighted by atomic mass is 16.2. The lowest BCUT2D eigenvalue weighted by molar-refractivity contribution is -0.122. The van der Waals surface area contributed by atoms with Crippen molar-refractivity contribution in [1.82, 2.24) is 10.6 Å². The summed E-state index contributed by atoms with van der Waals surface area (Å²) in [6.07, 6.45) is 0.194. The van der Waals surface area contributed by atoms with Gasteiger partial charge in [-0.3, -0.25) is 9.59 Å². The molecule has 0 radical (unpaired) electrons. The molecule has 1 atom stereocenters. The third-order valence-electron chi connectivity index (χ3n) is 3.45. The van der Waals surface area contributed by atoms with Gasteiger partial charge < -0.3 is 10.6 Å². The van der Waals surface area contributed by atoms with Crippen molar-refractivity contribution in [1.29, 1.82) is 0 Å². The second kappa shape index (κ2) is 7.77. The van der Waals surface area contributed by atoms with Crippen molar-refractivity contribution in [3.63, 3.8) is 0 Å². The Balaban J connectivity index is 2.15. The van der Waals surface area contributed by atoms with Gasteiger partial charge in [0.05, 0.1) is 12.5 Å². The first-order valence-corrected chi connectivity index (χ1v) is 8.07. The predicted molar refractivity (Wildman–Crippen MR) is 95.6 cm³/mol. The predicted octanol–water partition coefficient (Wildman–Crippen LogP) is 3.46. The van der Waals surface area contributed by atoms with Crippen LogP contribution in [-0.2, 0) is 4.79 Å². The Hall–Kier alpha value is -2.62. The third kappa shape index (κ3) is 5.54. The molecule has 0 aromatic heterocycles. The molecule has 2 N–H and O–H groups in total. The zero-order chi connectivity index (χ0) is 17.6. The molecule has 4 heteroatoms. The quantitative estimate of drug-likeness (QED) is 0.885. The minimum absolute atomic E-state index is 0.0929. The van der Waals surface area contributed by atoms with E-state index >= 15 is 0 Å². The molecular weight excluding hydrogens is 300 g/mol. The van der Waals surface area contributed by atoms with E-state index in [9.17, 15) is 9.59 Å². The van der Waals surface area contributed by atoms with Gasteiger partial charge >= 0.3 is 0 Å². The summed E-state index contributed by atoms with van der Waals surface area (Å²) >= 11 is 0. The van der Waals surface area contributed by atoms with Crippen LogP contribution >= 0.6 is 0 Å². The van der Waals surface area contributed by atoms with Crippen LogP contribution in [0.1, 0.15) is 49.2 Å². The molecule has 2 aromatic carbocycles. The first-order chi connectivity index (χ1) is 11.3. The third-order valence-corrected chi connectivity index (χ3v) is 3.45. The van der Waals surface area contributed by atoms with Gasteiger partial charge in [0.25, 0.3) is 5.91 Å². The van der Waals surface area contributed by atoms with Crippen LogP contribution < -0.4 is 10.6 Å². The van der Waals surface area contributed by atoms with Crippen molar-refractivity contribution >= 4 is 11.8 Å². The van der Waals surface area contributed by atoms with Crippen LogP contribution in [0.5, 0.6) is 0 Å². The lowest BCUT2D eigenvalue weighted by atomic mass is 10.0. The molecule has 126 valence electrons. The number of rotatable bonds is 5.